The van der Waals surface area contributed by atoms with E-state index < -0.39 is 0 Å². The zero-order valence-corrected chi connectivity index (χ0v) is 7.53. The van der Waals surface area contributed by atoms with Crippen LogP contribution in [0.25, 0.3) is 0 Å². The Hall–Kier alpha value is 0.210. The van der Waals surface area contributed by atoms with Gasteiger partial charge in [-0.3, -0.25) is 0 Å². The van der Waals surface area contributed by atoms with Crippen LogP contribution in [-0.2, 0) is 4.74 Å². The van der Waals surface area contributed by atoms with Gasteiger partial charge in [-0.1, -0.05) is 6.42 Å². The number of hydrogen-bond acceptors (Lipinski definition) is 2. The smallest absolute Gasteiger partial charge is 0.0644 e. The largest absolute Gasteiger partial charge is 0.378 e. The summed E-state index contributed by atoms with van der Waals surface area (Å²) in [6.45, 7) is 1.78. The molecule has 2 N–H and O–H groups in total. The highest BCUT2D eigenvalue weighted by Gasteiger charge is 2.46. The van der Waals surface area contributed by atoms with Crippen molar-refractivity contribution < 1.29 is 4.74 Å². The molecule has 0 bridgehead atoms. The lowest BCUT2D eigenvalue weighted by molar-refractivity contribution is 0.0735. The Morgan fingerprint density at radius 3 is 2.91 bits per heavy atom. The van der Waals surface area contributed by atoms with Gasteiger partial charge in [-0.15, -0.1) is 12.4 Å². The first-order valence-electron chi connectivity index (χ1n) is 4.19. The van der Waals surface area contributed by atoms with Crippen molar-refractivity contribution in [2.24, 2.45) is 11.1 Å². The summed E-state index contributed by atoms with van der Waals surface area (Å²) in [7, 11) is 0. The van der Waals surface area contributed by atoms with E-state index in [-0.39, 0.29) is 12.4 Å². The van der Waals surface area contributed by atoms with Gasteiger partial charge in [0.05, 0.1) is 6.10 Å². The van der Waals surface area contributed by atoms with E-state index in [4.69, 9.17) is 10.5 Å². The van der Waals surface area contributed by atoms with Gasteiger partial charge in [0, 0.05) is 18.6 Å². The zero-order valence-electron chi connectivity index (χ0n) is 6.71. The van der Waals surface area contributed by atoms with Gasteiger partial charge in [0.1, 0.15) is 0 Å². The molecule has 0 aromatic rings. The minimum absolute atomic E-state index is 0. The summed E-state index contributed by atoms with van der Waals surface area (Å²) in [5, 5.41) is 0. The van der Waals surface area contributed by atoms with Gasteiger partial charge in [-0.2, -0.15) is 0 Å². The monoisotopic (exact) mass is 177 g/mol. The molecule has 66 valence electrons. The van der Waals surface area contributed by atoms with Gasteiger partial charge in [0.25, 0.3) is 0 Å². The van der Waals surface area contributed by atoms with Crippen LogP contribution < -0.4 is 5.73 Å². The van der Waals surface area contributed by atoms with Crippen molar-refractivity contribution in [3.8, 4) is 0 Å². The second-order valence-electron chi connectivity index (χ2n) is 3.57. The SMILES string of the molecule is Cl.NC[C@]12CCC[C@@H]1OCC2. The second kappa shape index (κ2) is 3.30. The molecule has 2 atom stereocenters. The van der Waals surface area contributed by atoms with E-state index in [1.807, 2.05) is 0 Å². The normalized spacial score (nSPS) is 41.7. The fourth-order valence-electron chi connectivity index (χ4n) is 2.39. The Bertz CT molecular complexity index is 130. The molecule has 0 aromatic carbocycles. The number of halogens is 1. The highest BCUT2D eigenvalue weighted by molar-refractivity contribution is 5.85. The number of rotatable bonds is 1. The van der Waals surface area contributed by atoms with Crippen LogP contribution in [0.2, 0.25) is 0 Å². The lowest BCUT2D eigenvalue weighted by Crippen LogP contribution is -2.33. The van der Waals surface area contributed by atoms with E-state index in [1.54, 1.807) is 0 Å². The molecule has 1 heterocycles. The van der Waals surface area contributed by atoms with Crippen molar-refractivity contribution in [2.75, 3.05) is 13.2 Å². The first-order valence-corrected chi connectivity index (χ1v) is 4.19. The zero-order chi connectivity index (χ0) is 7.03. The average molecular weight is 178 g/mol. The molecule has 1 aliphatic carbocycles. The Morgan fingerprint density at radius 2 is 2.27 bits per heavy atom. The van der Waals surface area contributed by atoms with Gasteiger partial charge in [-0.05, 0) is 19.3 Å². The first-order chi connectivity index (χ1) is 4.87. The lowest BCUT2D eigenvalue weighted by atomic mass is 9.83. The molecule has 0 amide bonds. The average Bonchev–Trinajstić information content (AvgIpc) is 2.42. The van der Waals surface area contributed by atoms with Crippen LogP contribution >= 0.6 is 12.4 Å². The van der Waals surface area contributed by atoms with Crippen LogP contribution in [-0.4, -0.2) is 19.3 Å². The van der Waals surface area contributed by atoms with E-state index >= 15 is 0 Å². The molecule has 3 heteroatoms. The number of nitrogens with two attached hydrogens (primary N) is 1. The summed E-state index contributed by atoms with van der Waals surface area (Å²) in [5.41, 5.74) is 6.13. The Balaban J connectivity index is 0.000000605. The van der Waals surface area contributed by atoms with Crippen molar-refractivity contribution >= 4 is 12.4 Å². The molecular formula is C8H16ClNO. The highest BCUT2D eigenvalue weighted by Crippen LogP contribution is 2.46. The second-order valence-corrected chi connectivity index (χ2v) is 3.57. The molecule has 0 spiro atoms. The van der Waals surface area contributed by atoms with Crippen LogP contribution in [0, 0.1) is 5.41 Å². The molecule has 2 fully saturated rings. The maximum atomic E-state index is 5.73. The molecule has 0 unspecified atom stereocenters. The van der Waals surface area contributed by atoms with E-state index in [0.29, 0.717) is 11.5 Å². The fraction of sp³-hybridized carbons (Fsp3) is 1.00. The molecule has 0 radical (unpaired) electrons. The standard InChI is InChI=1S/C8H15NO.ClH/c9-6-8-3-1-2-7(8)10-5-4-8;/h7H,1-6,9H2;1H/t7-,8+;/m0./s1. The number of ether oxygens (including phenoxy) is 1. The van der Waals surface area contributed by atoms with Gasteiger partial charge in [-0.25, -0.2) is 0 Å². The van der Waals surface area contributed by atoms with Crippen LogP contribution in [0.1, 0.15) is 25.7 Å². The van der Waals surface area contributed by atoms with Gasteiger partial charge in [0.15, 0.2) is 0 Å². The summed E-state index contributed by atoms with van der Waals surface area (Å²) in [4.78, 5) is 0. The summed E-state index contributed by atoms with van der Waals surface area (Å²) in [6, 6.07) is 0. The van der Waals surface area contributed by atoms with Crippen molar-refractivity contribution in [2.45, 2.75) is 31.8 Å². The molecule has 2 nitrogen and oxygen atoms in total. The maximum Gasteiger partial charge on any atom is 0.0644 e. The lowest BCUT2D eigenvalue weighted by Gasteiger charge is -2.24. The predicted molar refractivity (Wildman–Crippen MR) is 46.9 cm³/mol. The molecule has 2 rings (SSSR count). The maximum absolute atomic E-state index is 5.73. The van der Waals surface area contributed by atoms with Crippen molar-refractivity contribution in [3.63, 3.8) is 0 Å². The van der Waals surface area contributed by atoms with E-state index in [1.165, 1.54) is 25.7 Å². The third kappa shape index (κ3) is 1.28. The number of fused-ring (bicyclic) bond motifs is 1. The van der Waals surface area contributed by atoms with Crippen molar-refractivity contribution in [3.05, 3.63) is 0 Å². The van der Waals surface area contributed by atoms with Crippen LogP contribution in [0.15, 0.2) is 0 Å². The minimum atomic E-state index is 0. The summed E-state index contributed by atoms with van der Waals surface area (Å²) < 4.78 is 5.59. The Labute approximate surface area is 73.9 Å². The summed E-state index contributed by atoms with van der Waals surface area (Å²) in [5.74, 6) is 0. The minimum Gasteiger partial charge on any atom is -0.378 e. The molecule has 11 heavy (non-hydrogen) atoms. The topological polar surface area (TPSA) is 35.2 Å². The molecule has 1 aliphatic heterocycles. The molecule has 0 aromatic heterocycles. The van der Waals surface area contributed by atoms with E-state index in [0.717, 1.165) is 13.2 Å². The Kier molecular flexibility index (Phi) is 2.79. The summed E-state index contributed by atoms with van der Waals surface area (Å²) in [6.07, 6.45) is 5.58. The van der Waals surface area contributed by atoms with Crippen molar-refractivity contribution in [1.29, 1.82) is 0 Å². The van der Waals surface area contributed by atoms with Gasteiger partial charge >= 0.3 is 0 Å². The third-order valence-electron chi connectivity index (χ3n) is 3.15. The van der Waals surface area contributed by atoms with Crippen LogP contribution in [0.5, 0.6) is 0 Å². The first kappa shape index (κ1) is 9.30. The summed E-state index contributed by atoms with van der Waals surface area (Å²) >= 11 is 0. The van der Waals surface area contributed by atoms with Crippen LogP contribution in [0.4, 0.5) is 0 Å². The molecule has 1 saturated heterocycles. The predicted octanol–water partition coefficient (Wildman–Crippen LogP) is 1.33. The van der Waals surface area contributed by atoms with Gasteiger partial charge in [0.2, 0.25) is 0 Å². The van der Waals surface area contributed by atoms with Gasteiger partial charge < -0.3 is 10.5 Å². The molecule has 1 saturated carbocycles. The highest BCUT2D eigenvalue weighted by atomic mass is 35.5. The van der Waals surface area contributed by atoms with E-state index in [2.05, 4.69) is 0 Å². The fourth-order valence-corrected chi connectivity index (χ4v) is 2.39. The van der Waals surface area contributed by atoms with E-state index in [9.17, 15) is 0 Å². The third-order valence-corrected chi connectivity index (χ3v) is 3.15. The Morgan fingerprint density at radius 1 is 1.45 bits per heavy atom. The quantitative estimate of drug-likeness (QED) is 0.656. The van der Waals surface area contributed by atoms with Crippen LogP contribution in [0.3, 0.4) is 0 Å². The van der Waals surface area contributed by atoms with Crippen molar-refractivity contribution in [1.82, 2.24) is 0 Å². The number of hydrogen-bond donors (Lipinski definition) is 1. The molecule has 2 aliphatic rings. The molecular weight excluding hydrogens is 162 g/mol.